The van der Waals surface area contributed by atoms with Gasteiger partial charge >= 0.3 is 0 Å². The zero-order valence-electron chi connectivity index (χ0n) is 24.3. The van der Waals surface area contributed by atoms with Gasteiger partial charge in [0.15, 0.2) is 0 Å². The molecule has 2 nitrogen and oxygen atoms in total. The van der Waals surface area contributed by atoms with Crippen molar-refractivity contribution in [1.29, 1.82) is 0 Å². The van der Waals surface area contributed by atoms with Crippen molar-refractivity contribution in [2.75, 3.05) is 11.1 Å². The summed E-state index contributed by atoms with van der Waals surface area (Å²) >= 11 is 0. The van der Waals surface area contributed by atoms with Gasteiger partial charge in [-0.1, -0.05) is 164 Å². The first-order chi connectivity index (χ1) is 21.8. The van der Waals surface area contributed by atoms with Crippen LogP contribution in [0.4, 0.5) is 17.1 Å². The lowest BCUT2D eigenvalue weighted by molar-refractivity contribution is 1.50. The number of nitrogens with one attached hydrogen (secondary N) is 1. The van der Waals surface area contributed by atoms with E-state index in [0.29, 0.717) is 0 Å². The Balaban J connectivity index is 1.41. The maximum atomic E-state index is 6.31. The molecule has 0 atom stereocenters. The van der Waals surface area contributed by atoms with Gasteiger partial charge in [0.1, 0.15) is 0 Å². The van der Waals surface area contributed by atoms with Crippen LogP contribution >= 0.6 is 0 Å². The minimum Gasteiger partial charge on any atom is -0.398 e. The van der Waals surface area contributed by atoms with E-state index in [9.17, 15) is 0 Å². The minimum atomic E-state index is 0.777. The van der Waals surface area contributed by atoms with E-state index in [1.54, 1.807) is 0 Å². The van der Waals surface area contributed by atoms with Crippen molar-refractivity contribution in [1.82, 2.24) is 0 Å². The third-order valence-electron chi connectivity index (χ3n) is 8.11. The summed E-state index contributed by atoms with van der Waals surface area (Å²) in [6.45, 7) is 0. The molecule has 210 valence electrons. The fourth-order valence-corrected chi connectivity index (χ4v) is 5.92. The van der Waals surface area contributed by atoms with E-state index in [4.69, 9.17) is 5.73 Å². The van der Waals surface area contributed by atoms with Gasteiger partial charge in [-0.15, -0.1) is 0 Å². The maximum Gasteiger partial charge on any atom is 0.0543 e. The molecule has 0 aliphatic heterocycles. The van der Waals surface area contributed by atoms with Gasteiger partial charge in [0.25, 0.3) is 0 Å². The highest BCUT2D eigenvalue weighted by Crippen LogP contribution is 2.44. The van der Waals surface area contributed by atoms with E-state index in [1.165, 1.54) is 22.3 Å². The number of nitrogen functional groups attached to an aromatic ring is 1. The first-order valence-corrected chi connectivity index (χ1v) is 14.9. The van der Waals surface area contributed by atoms with Gasteiger partial charge in [-0.2, -0.15) is 0 Å². The number of hydrogen-bond donors (Lipinski definition) is 2. The highest BCUT2D eigenvalue weighted by atomic mass is 14.9. The van der Waals surface area contributed by atoms with Crippen LogP contribution in [0.2, 0.25) is 0 Å². The summed E-state index contributed by atoms with van der Waals surface area (Å²) in [5.74, 6) is 0. The largest absolute Gasteiger partial charge is 0.398 e. The lowest BCUT2D eigenvalue weighted by atomic mass is 9.90. The molecule has 0 saturated heterocycles. The zero-order valence-corrected chi connectivity index (χ0v) is 24.3. The summed E-state index contributed by atoms with van der Waals surface area (Å²) in [5, 5.41) is 3.92. The smallest absolute Gasteiger partial charge is 0.0543 e. The zero-order chi connectivity index (χ0) is 29.7. The van der Waals surface area contributed by atoms with Crippen molar-refractivity contribution in [3.8, 4) is 55.6 Å². The number of para-hydroxylation sites is 3. The quantitative estimate of drug-likeness (QED) is 0.189. The molecule has 0 unspecified atom stereocenters. The standard InChI is InChI=1S/C42H32N2/c43-40-24-11-9-19-35(40)32-26-28-33(29-27-32)37-22-13-23-39(38-21-8-7-18-34(38)30-14-3-1-4-15-30)42(37)44-41-25-12-10-20-36(41)31-16-5-2-6-17-31/h1-29,44H,43H2. The Morgan fingerprint density at radius 2 is 0.727 bits per heavy atom. The second kappa shape index (κ2) is 12.2. The van der Waals surface area contributed by atoms with Crippen LogP contribution in [0.15, 0.2) is 176 Å². The van der Waals surface area contributed by atoms with Crippen LogP contribution < -0.4 is 11.1 Å². The van der Waals surface area contributed by atoms with E-state index in [1.807, 2.05) is 18.2 Å². The Labute approximate surface area is 259 Å². The Morgan fingerprint density at radius 1 is 0.295 bits per heavy atom. The summed E-state index contributed by atoms with van der Waals surface area (Å²) in [6.07, 6.45) is 0. The lowest BCUT2D eigenvalue weighted by Crippen LogP contribution is -1.99. The summed E-state index contributed by atoms with van der Waals surface area (Å²) < 4.78 is 0. The van der Waals surface area contributed by atoms with E-state index < -0.39 is 0 Å². The molecule has 0 bridgehead atoms. The average Bonchev–Trinajstić information content (AvgIpc) is 3.10. The normalized spacial score (nSPS) is 10.8. The van der Waals surface area contributed by atoms with Gasteiger partial charge in [-0.05, 0) is 45.5 Å². The monoisotopic (exact) mass is 564 g/mol. The van der Waals surface area contributed by atoms with Crippen molar-refractivity contribution in [2.24, 2.45) is 0 Å². The van der Waals surface area contributed by atoms with Crippen molar-refractivity contribution >= 4 is 17.1 Å². The topological polar surface area (TPSA) is 38.0 Å². The molecule has 0 aromatic heterocycles. The highest BCUT2D eigenvalue weighted by Gasteiger charge is 2.17. The molecule has 3 N–H and O–H groups in total. The van der Waals surface area contributed by atoms with E-state index in [-0.39, 0.29) is 0 Å². The van der Waals surface area contributed by atoms with Crippen molar-refractivity contribution in [3.05, 3.63) is 176 Å². The molecule has 0 fully saturated rings. The van der Waals surface area contributed by atoms with E-state index in [0.717, 1.165) is 50.4 Å². The molecule has 0 aliphatic rings. The first kappa shape index (κ1) is 27.0. The molecule has 7 aromatic carbocycles. The van der Waals surface area contributed by atoms with E-state index in [2.05, 4.69) is 163 Å². The number of anilines is 3. The second-order valence-corrected chi connectivity index (χ2v) is 10.8. The van der Waals surface area contributed by atoms with Crippen LogP contribution in [0.3, 0.4) is 0 Å². The molecule has 0 radical (unpaired) electrons. The predicted octanol–water partition coefficient (Wildman–Crippen LogP) is 11.3. The maximum absolute atomic E-state index is 6.31. The molecule has 7 rings (SSSR count). The number of hydrogen-bond acceptors (Lipinski definition) is 2. The van der Waals surface area contributed by atoms with E-state index >= 15 is 0 Å². The van der Waals surface area contributed by atoms with Gasteiger partial charge < -0.3 is 11.1 Å². The number of benzene rings is 7. The summed E-state index contributed by atoms with van der Waals surface area (Å²) in [5.41, 5.74) is 20.6. The van der Waals surface area contributed by atoms with Crippen LogP contribution in [-0.4, -0.2) is 0 Å². The third kappa shape index (κ3) is 5.37. The third-order valence-corrected chi connectivity index (χ3v) is 8.11. The fourth-order valence-electron chi connectivity index (χ4n) is 5.92. The van der Waals surface area contributed by atoms with Gasteiger partial charge in [-0.3, -0.25) is 0 Å². The Kier molecular flexibility index (Phi) is 7.47. The molecule has 0 aliphatic carbocycles. The van der Waals surface area contributed by atoms with Crippen LogP contribution in [0, 0.1) is 0 Å². The van der Waals surface area contributed by atoms with Crippen molar-refractivity contribution in [3.63, 3.8) is 0 Å². The van der Waals surface area contributed by atoms with Crippen LogP contribution in [0.25, 0.3) is 55.6 Å². The minimum absolute atomic E-state index is 0.777. The predicted molar refractivity (Wildman–Crippen MR) is 188 cm³/mol. The number of rotatable bonds is 7. The van der Waals surface area contributed by atoms with Gasteiger partial charge in [-0.25, -0.2) is 0 Å². The SMILES string of the molecule is Nc1ccccc1-c1ccc(-c2cccc(-c3ccccc3-c3ccccc3)c2Nc2ccccc2-c2ccccc2)cc1. The molecule has 0 amide bonds. The van der Waals surface area contributed by atoms with Crippen molar-refractivity contribution in [2.45, 2.75) is 0 Å². The Bertz CT molecular complexity index is 2030. The molecular weight excluding hydrogens is 532 g/mol. The first-order valence-electron chi connectivity index (χ1n) is 14.9. The average molecular weight is 565 g/mol. The highest BCUT2D eigenvalue weighted by molar-refractivity contribution is 5.98. The molecule has 0 spiro atoms. The molecule has 7 aromatic rings. The van der Waals surface area contributed by atoms with Gasteiger partial charge in [0.2, 0.25) is 0 Å². The lowest BCUT2D eigenvalue weighted by Gasteiger charge is -2.21. The Hall–Kier alpha value is -5.86. The molecule has 2 heteroatoms. The van der Waals surface area contributed by atoms with Crippen LogP contribution in [-0.2, 0) is 0 Å². The van der Waals surface area contributed by atoms with Crippen LogP contribution in [0.1, 0.15) is 0 Å². The summed E-state index contributed by atoms with van der Waals surface area (Å²) in [7, 11) is 0. The van der Waals surface area contributed by atoms with Crippen molar-refractivity contribution < 1.29 is 0 Å². The fraction of sp³-hybridized carbons (Fsp3) is 0. The molecular formula is C42H32N2. The molecule has 0 saturated carbocycles. The Morgan fingerprint density at radius 3 is 1.39 bits per heavy atom. The molecule has 44 heavy (non-hydrogen) atoms. The van der Waals surface area contributed by atoms with Crippen LogP contribution in [0.5, 0.6) is 0 Å². The summed E-state index contributed by atoms with van der Waals surface area (Å²) in [4.78, 5) is 0. The molecule has 0 heterocycles. The van der Waals surface area contributed by atoms with Gasteiger partial charge in [0, 0.05) is 33.6 Å². The second-order valence-electron chi connectivity index (χ2n) is 10.8. The number of nitrogens with two attached hydrogens (primary N) is 1. The summed E-state index contributed by atoms with van der Waals surface area (Å²) in [6, 6.07) is 61.6. The van der Waals surface area contributed by atoms with Gasteiger partial charge in [0.05, 0.1) is 5.69 Å².